The van der Waals surface area contributed by atoms with Crippen molar-refractivity contribution in [2.24, 2.45) is 0 Å². The molecule has 3 heterocycles. The zero-order valence-electron chi connectivity index (χ0n) is 13.7. The van der Waals surface area contributed by atoms with Crippen molar-refractivity contribution in [2.45, 2.75) is 32.6 Å². The van der Waals surface area contributed by atoms with Crippen LogP contribution in [0.1, 0.15) is 28.2 Å². The first-order chi connectivity index (χ1) is 11.9. The van der Waals surface area contributed by atoms with Crippen molar-refractivity contribution >= 4 is 10.9 Å². The lowest BCUT2D eigenvalue weighted by Gasteiger charge is -2.28. The Morgan fingerprint density at radius 2 is 2.12 bits per heavy atom. The predicted octanol–water partition coefficient (Wildman–Crippen LogP) is 3.84. The van der Waals surface area contributed by atoms with Gasteiger partial charge in [0.25, 0.3) is 0 Å². The number of fused-ring (bicyclic) bond motifs is 2. The normalized spacial score (nSPS) is 15.5. The van der Waals surface area contributed by atoms with E-state index in [0.29, 0.717) is 25.2 Å². The lowest BCUT2D eigenvalue weighted by molar-refractivity contribution is -0.145. The Morgan fingerprint density at radius 3 is 2.92 bits per heavy atom. The van der Waals surface area contributed by atoms with E-state index < -0.39 is 12.0 Å². The average molecular weight is 346 g/mol. The van der Waals surface area contributed by atoms with Gasteiger partial charge >= 0.3 is 6.18 Å². The summed E-state index contributed by atoms with van der Waals surface area (Å²) in [5, 5.41) is 1.19. The predicted molar refractivity (Wildman–Crippen MR) is 87.9 cm³/mol. The quantitative estimate of drug-likeness (QED) is 0.767. The highest BCUT2D eigenvalue weighted by Crippen LogP contribution is 2.28. The number of hydrogen-bond donors (Lipinski definition) is 1. The SMILES string of the molecule is Cc1ccc2[nH]cc(CN3CCc4nc(C(F)(F)F)ncc4C3)c2c1. The van der Waals surface area contributed by atoms with Crippen molar-refractivity contribution in [3.63, 3.8) is 0 Å². The summed E-state index contributed by atoms with van der Waals surface area (Å²) in [5.41, 5.74) is 4.76. The first-order valence-electron chi connectivity index (χ1n) is 8.11. The van der Waals surface area contributed by atoms with Gasteiger partial charge in [0.15, 0.2) is 0 Å². The highest BCUT2D eigenvalue weighted by Gasteiger charge is 2.35. The maximum absolute atomic E-state index is 12.7. The van der Waals surface area contributed by atoms with E-state index in [2.05, 4.69) is 45.0 Å². The Hall–Kier alpha value is -2.41. The summed E-state index contributed by atoms with van der Waals surface area (Å²) < 4.78 is 38.2. The molecule has 1 N–H and O–H groups in total. The maximum atomic E-state index is 12.7. The number of benzene rings is 1. The van der Waals surface area contributed by atoms with Crippen molar-refractivity contribution in [1.82, 2.24) is 19.9 Å². The van der Waals surface area contributed by atoms with Crippen LogP contribution in [0, 0.1) is 6.92 Å². The first-order valence-corrected chi connectivity index (χ1v) is 8.11. The summed E-state index contributed by atoms with van der Waals surface area (Å²) in [6, 6.07) is 6.28. The third-order valence-corrected chi connectivity index (χ3v) is 4.58. The van der Waals surface area contributed by atoms with Crippen LogP contribution in [0.25, 0.3) is 10.9 Å². The number of rotatable bonds is 2. The molecule has 7 heteroatoms. The molecular formula is C18H17F3N4. The van der Waals surface area contributed by atoms with Crippen LogP contribution in [0.4, 0.5) is 13.2 Å². The number of aromatic amines is 1. The molecule has 0 radical (unpaired) electrons. The molecule has 1 aliphatic rings. The molecule has 0 spiro atoms. The molecule has 0 saturated carbocycles. The summed E-state index contributed by atoms with van der Waals surface area (Å²) in [5.74, 6) is -1.05. The fraction of sp³-hybridized carbons (Fsp3) is 0.333. The van der Waals surface area contributed by atoms with Crippen LogP contribution >= 0.6 is 0 Å². The minimum Gasteiger partial charge on any atom is -0.361 e. The second-order valence-corrected chi connectivity index (χ2v) is 6.49. The Kier molecular flexibility index (Phi) is 3.76. The molecule has 4 rings (SSSR count). The number of aryl methyl sites for hydroxylation is 1. The Labute approximate surface area is 142 Å². The van der Waals surface area contributed by atoms with Gasteiger partial charge in [0.2, 0.25) is 5.82 Å². The van der Waals surface area contributed by atoms with E-state index in [9.17, 15) is 13.2 Å². The number of alkyl halides is 3. The third kappa shape index (κ3) is 3.11. The van der Waals surface area contributed by atoms with E-state index in [4.69, 9.17) is 0 Å². The lowest BCUT2D eigenvalue weighted by Crippen LogP contribution is -2.31. The molecule has 4 nitrogen and oxygen atoms in total. The standard InChI is InChI=1S/C18H17F3N4/c1-11-2-3-16-14(6-11)12(7-22-16)9-25-5-4-15-13(10-25)8-23-17(24-15)18(19,20)21/h2-3,6-8,22H,4-5,9-10H2,1H3. The lowest BCUT2D eigenvalue weighted by atomic mass is 10.1. The summed E-state index contributed by atoms with van der Waals surface area (Å²) in [4.78, 5) is 12.7. The molecule has 2 aromatic heterocycles. The van der Waals surface area contributed by atoms with Crippen LogP contribution in [0.3, 0.4) is 0 Å². The number of halogens is 3. The minimum atomic E-state index is -4.49. The first kappa shape index (κ1) is 16.1. The van der Waals surface area contributed by atoms with Gasteiger partial charge in [-0.2, -0.15) is 13.2 Å². The molecule has 130 valence electrons. The van der Waals surface area contributed by atoms with E-state index in [1.807, 2.05) is 6.20 Å². The van der Waals surface area contributed by atoms with E-state index >= 15 is 0 Å². The van der Waals surface area contributed by atoms with E-state index in [-0.39, 0.29) is 0 Å². The van der Waals surface area contributed by atoms with Crippen molar-refractivity contribution in [2.75, 3.05) is 6.54 Å². The van der Waals surface area contributed by atoms with Crippen LogP contribution in [-0.4, -0.2) is 26.4 Å². The Bertz CT molecular complexity index is 930. The fourth-order valence-electron chi connectivity index (χ4n) is 3.31. The molecule has 0 fully saturated rings. The molecular weight excluding hydrogens is 329 g/mol. The molecule has 0 saturated heterocycles. The number of nitrogens with one attached hydrogen (secondary N) is 1. The van der Waals surface area contributed by atoms with Gasteiger partial charge in [-0.3, -0.25) is 4.90 Å². The monoisotopic (exact) mass is 346 g/mol. The molecule has 0 amide bonds. The van der Waals surface area contributed by atoms with Gasteiger partial charge < -0.3 is 4.98 Å². The molecule has 0 aliphatic carbocycles. The second kappa shape index (κ2) is 5.84. The average Bonchev–Trinajstić information content (AvgIpc) is 2.95. The molecule has 1 aliphatic heterocycles. The molecule has 3 aromatic rings. The number of hydrogen-bond acceptors (Lipinski definition) is 3. The Morgan fingerprint density at radius 1 is 1.28 bits per heavy atom. The van der Waals surface area contributed by atoms with Crippen molar-refractivity contribution in [3.8, 4) is 0 Å². The zero-order chi connectivity index (χ0) is 17.6. The summed E-state index contributed by atoms with van der Waals surface area (Å²) >= 11 is 0. The van der Waals surface area contributed by atoms with Gasteiger partial charge in [0, 0.05) is 54.9 Å². The Balaban J connectivity index is 1.55. The van der Waals surface area contributed by atoms with Gasteiger partial charge in [-0.1, -0.05) is 11.6 Å². The second-order valence-electron chi connectivity index (χ2n) is 6.49. The van der Waals surface area contributed by atoms with Gasteiger partial charge in [-0.25, -0.2) is 9.97 Å². The molecule has 0 atom stereocenters. The summed E-state index contributed by atoms with van der Waals surface area (Å²) in [6.07, 6.45) is -0.671. The largest absolute Gasteiger partial charge is 0.451 e. The van der Waals surface area contributed by atoms with Gasteiger partial charge in [-0.05, 0) is 24.6 Å². The number of aromatic nitrogens is 3. The topological polar surface area (TPSA) is 44.8 Å². The highest BCUT2D eigenvalue weighted by molar-refractivity contribution is 5.83. The molecule has 0 unspecified atom stereocenters. The summed E-state index contributed by atoms with van der Waals surface area (Å²) in [7, 11) is 0. The van der Waals surface area contributed by atoms with Crippen LogP contribution in [-0.2, 0) is 25.7 Å². The van der Waals surface area contributed by atoms with Crippen molar-refractivity contribution < 1.29 is 13.2 Å². The van der Waals surface area contributed by atoms with Crippen LogP contribution in [0.2, 0.25) is 0 Å². The molecule has 1 aromatic carbocycles. The fourth-order valence-corrected chi connectivity index (χ4v) is 3.31. The van der Waals surface area contributed by atoms with Gasteiger partial charge in [0.05, 0.1) is 5.69 Å². The van der Waals surface area contributed by atoms with E-state index in [1.54, 1.807) is 0 Å². The van der Waals surface area contributed by atoms with Crippen LogP contribution in [0.15, 0.2) is 30.6 Å². The number of H-pyrrole nitrogens is 1. The maximum Gasteiger partial charge on any atom is 0.451 e. The van der Waals surface area contributed by atoms with Crippen LogP contribution in [0.5, 0.6) is 0 Å². The van der Waals surface area contributed by atoms with Crippen molar-refractivity contribution in [3.05, 3.63) is 58.8 Å². The molecule has 25 heavy (non-hydrogen) atoms. The third-order valence-electron chi connectivity index (χ3n) is 4.58. The van der Waals surface area contributed by atoms with E-state index in [1.165, 1.54) is 22.7 Å². The summed E-state index contributed by atoms with van der Waals surface area (Å²) in [6.45, 7) is 4.04. The smallest absolute Gasteiger partial charge is 0.361 e. The van der Waals surface area contributed by atoms with Gasteiger partial charge in [-0.15, -0.1) is 0 Å². The molecule has 0 bridgehead atoms. The highest BCUT2D eigenvalue weighted by atomic mass is 19.4. The minimum absolute atomic E-state index is 0.502. The van der Waals surface area contributed by atoms with E-state index in [0.717, 1.165) is 17.6 Å². The van der Waals surface area contributed by atoms with Crippen LogP contribution < -0.4 is 0 Å². The number of nitrogens with zero attached hydrogens (tertiary/aromatic N) is 3. The zero-order valence-corrected chi connectivity index (χ0v) is 13.7. The van der Waals surface area contributed by atoms with Gasteiger partial charge in [0.1, 0.15) is 0 Å². The van der Waals surface area contributed by atoms with Crippen molar-refractivity contribution in [1.29, 1.82) is 0 Å².